The van der Waals surface area contributed by atoms with Gasteiger partial charge in [0.1, 0.15) is 5.76 Å². The first-order valence-corrected chi connectivity index (χ1v) is 8.08. The zero-order valence-electron chi connectivity index (χ0n) is 13.3. The number of hydrogen-bond acceptors (Lipinski definition) is 3. The van der Waals surface area contributed by atoms with Gasteiger partial charge in [-0.25, -0.2) is 0 Å². The highest BCUT2D eigenvalue weighted by Gasteiger charge is 2.14. The number of aromatic nitrogens is 1. The molecule has 4 rings (SSSR count). The predicted molar refractivity (Wildman–Crippen MR) is 90.5 cm³/mol. The Hall–Kier alpha value is -2.33. The van der Waals surface area contributed by atoms with E-state index >= 15 is 0 Å². The number of nitrogens with one attached hydrogen (secondary N) is 1. The Morgan fingerprint density at radius 2 is 2.00 bits per heavy atom. The van der Waals surface area contributed by atoms with E-state index in [4.69, 9.17) is 4.42 Å². The van der Waals surface area contributed by atoms with E-state index in [1.54, 1.807) is 6.26 Å². The van der Waals surface area contributed by atoms with Crippen molar-refractivity contribution in [3.05, 3.63) is 69.4 Å². The van der Waals surface area contributed by atoms with Gasteiger partial charge in [0.2, 0.25) is 0 Å². The molecule has 2 heterocycles. The summed E-state index contributed by atoms with van der Waals surface area (Å²) >= 11 is 0. The first kappa shape index (κ1) is 14.3. The second-order valence-corrected chi connectivity index (χ2v) is 6.44. The molecule has 0 radical (unpaired) electrons. The van der Waals surface area contributed by atoms with Crippen LogP contribution in [-0.2, 0) is 25.9 Å². The van der Waals surface area contributed by atoms with Crippen LogP contribution >= 0.6 is 0 Å². The second kappa shape index (κ2) is 5.70. The molecule has 0 aliphatic heterocycles. The molecule has 0 atom stereocenters. The molecule has 0 bridgehead atoms. The molecule has 0 saturated carbocycles. The van der Waals surface area contributed by atoms with E-state index < -0.39 is 0 Å². The third-order valence-electron chi connectivity index (χ3n) is 4.58. The summed E-state index contributed by atoms with van der Waals surface area (Å²) in [4.78, 5) is 17.5. The van der Waals surface area contributed by atoms with Gasteiger partial charge in [0.15, 0.2) is 0 Å². The van der Waals surface area contributed by atoms with Crippen molar-refractivity contribution in [2.24, 2.45) is 0 Å². The zero-order valence-corrected chi connectivity index (χ0v) is 13.3. The standard InChI is InChI=1S/C19H20N2O2/c1-21(12-17-6-3-7-23-17)11-16-9-15-8-13-4-2-5-14(13)10-18(15)20-19(16)22/h3,6-10H,2,4-5,11-12H2,1H3,(H,20,22). The normalized spacial score (nSPS) is 13.8. The minimum absolute atomic E-state index is 0.00161. The smallest absolute Gasteiger partial charge is 0.252 e. The molecule has 1 aliphatic carbocycles. The van der Waals surface area contributed by atoms with Crippen molar-refractivity contribution in [2.75, 3.05) is 7.05 Å². The van der Waals surface area contributed by atoms with Gasteiger partial charge in [0.25, 0.3) is 5.56 Å². The summed E-state index contributed by atoms with van der Waals surface area (Å²) in [6.45, 7) is 1.29. The van der Waals surface area contributed by atoms with E-state index in [9.17, 15) is 4.79 Å². The quantitative estimate of drug-likeness (QED) is 0.805. The maximum Gasteiger partial charge on any atom is 0.252 e. The van der Waals surface area contributed by atoms with Crippen LogP contribution in [0.15, 0.2) is 45.8 Å². The lowest BCUT2D eigenvalue weighted by Gasteiger charge is -2.15. The maximum atomic E-state index is 12.4. The summed E-state index contributed by atoms with van der Waals surface area (Å²) in [7, 11) is 1.99. The molecule has 2 aromatic heterocycles. The highest BCUT2D eigenvalue weighted by Crippen LogP contribution is 2.26. The molecule has 0 saturated heterocycles. The van der Waals surface area contributed by atoms with Crippen molar-refractivity contribution in [3.63, 3.8) is 0 Å². The Morgan fingerprint density at radius 3 is 2.78 bits per heavy atom. The van der Waals surface area contributed by atoms with Crippen molar-refractivity contribution in [1.29, 1.82) is 0 Å². The van der Waals surface area contributed by atoms with Crippen LogP contribution in [0.1, 0.15) is 28.9 Å². The number of H-pyrrole nitrogens is 1. The maximum absolute atomic E-state index is 12.4. The van der Waals surface area contributed by atoms with E-state index in [0.717, 1.165) is 35.1 Å². The largest absolute Gasteiger partial charge is 0.468 e. The van der Waals surface area contributed by atoms with Gasteiger partial charge in [0.05, 0.1) is 12.8 Å². The van der Waals surface area contributed by atoms with E-state index in [1.807, 2.05) is 25.2 Å². The number of aryl methyl sites for hydroxylation is 2. The van der Waals surface area contributed by atoms with Crippen molar-refractivity contribution in [3.8, 4) is 0 Å². The third-order valence-corrected chi connectivity index (χ3v) is 4.58. The summed E-state index contributed by atoms with van der Waals surface area (Å²) in [5.41, 5.74) is 4.56. The molecule has 4 nitrogen and oxygen atoms in total. The van der Waals surface area contributed by atoms with Crippen molar-refractivity contribution in [1.82, 2.24) is 9.88 Å². The van der Waals surface area contributed by atoms with Crippen LogP contribution in [0, 0.1) is 0 Å². The monoisotopic (exact) mass is 308 g/mol. The molecule has 1 N–H and O–H groups in total. The Morgan fingerprint density at radius 1 is 1.17 bits per heavy atom. The number of rotatable bonds is 4. The van der Waals surface area contributed by atoms with Crippen LogP contribution in [0.25, 0.3) is 10.9 Å². The first-order valence-electron chi connectivity index (χ1n) is 8.08. The molecule has 0 amide bonds. The lowest BCUT2D eigenvalue weighted by Crippen LogP contribution is -2.23. The van der Waals surface area contributed by atoms with Gasteiger partial charge in [-0.3, -0.25) is 9.69 Å². The van der Waals surface area contributed by atoms with Crippen LogP contribution in [0.2, 0.25) is 0 Å². The summed E-state index contributed by atoms with van der Waals surface area (Å²) in [5.74, 6) is 0.905. The molecular weight excluding hydrogens is 288 g/mol. The zero-order chi connectivity index (χ0) is 15.8. The SMILES string of the molecule is CN(Cc1ccco1)Cc1cc2cc3c(cc2[nH]c1=O)CCC3. The molecule has 4 heteroatoms. The fourth-order valence-corrected chi connectivity index (χ4v) is 3.46. The van der Waals surface area contributed by atoms with Gasteiger partial charge in [-0.2, -0.15) is 0 Å². The van der Waals surface area contributed by atoms with E-state index in [1.165, 1.54) is 17.5 Å². The van der Waals surface area contributed by atoms with Crippen LogP contribution in [-0.4, -0.2) is 16.9 Å². The number of benzene rings is 1. The number of pyridine rings is 1. The van der Waals surface area contributed by atoms with Gasteiger partial charge in [-0.05, 0) is 73.2 Å². The number of furan rings is 1. The Labute approximate surface area is 134 Å². The fraction of sp³-hybridized carbons (Fsp3) is 0.316. The van der Waals surface area contributed by atoms with Gasteiger partial charge >= 0.3 is 0 Å². The molecule has 118 valence electrons. The van der Waals surface area contributed by atoms with Crippen LogP contribution in [0.5, 0.6) is 0 Å². The Balaban J connectivity index is 1.63. The number of nitrogens with zero attached hydrogens (tertiary/aromatic N) is 1. The van der Waals surface area contributed by atoms with E-state index in [2.05, 4.69) is 22.0 Å². The average molecular weight is 308 g/mol. The topological polar surface area (TPSA) is 49.2 Å². The summed E-state index contributed by atoms with van der Waals surface area (Å²) in [6, 6.07) is 10.3. The average Bonchev–Trinajstić information content (AvgIpc) is 3.17. The lowest BCUT2D eigenvalue weighted by molar-refractivity contribution is 0.287. The third kappa shape index (κ3) is 2.82. The number of fused-ring (bicyclic) bond motifs is 2. The van der Waals surface area contributed by atoms with Gasteiger partial charge in [-0.15, -0.1) is 0 Å². The van der Waals surface area contributed by atoms with Crippen LogP contribution < -0.4 is 5.56 Å². The summed E-state index contributed by atoms with van der Waals surface area (Å²) in [5, 5.41) is 1.13. The molecule has 0 spiro atoms. The van der Waals surface area contributed by atoms with E-state index in [-0.39, 0.29) is 5.56 Å². The predicted octanol–water partition coefficient (Wildman–Crippen LogP) is 3.24. The molecule has 3 aromatic rings. The molecule has 1 aliphatic rings. The molecule has 23 heavy (non-hydrogen) atoms. The van der Waals surface area contributed by atoms with Crippen LogP contribution in [0.4, 0.5) is 0 Å². The molecule has 0 unspecified atom stereocenters. The molecular formula is C19H20N2O2. The van der Waals surface area contributed by atoms with Gasteiger partial charge in [-0.1, -0.05) is 0 Å². The van der Waals surface area contributed by atoms with Gasteiger partial charge in [0, 0.05) is 17.6 Å². The summed E-state index contributed by atoms with van der Waals surface area (Å²) in [6.07, 6.45) is 5.17. The van der Waals surface area contributed by atoms with E-state index in [0.29, 0.717) is 13.1 Å². The Bertz CT molecular complexity index is 894. The van der Waals surface area contributed by atoms with Crippen molar-refractivity contribution < 1.29 is 4.42 Å². The molecule has 1 aromatic carbocycles. The first-order chi connectivity index (χ1) is 11.2. The summed E-state index contributed by atoms with van der Waals surface area (Å²) < 4.78 is 5.37. The fourth-order valence-electron chi connectivity index (χ4n) is 3.46. The minimum atomic E-state index is 0.00161. The highest BCUT2D eigenvalue weighted by molar-refractivity contribution is 5.81. The van der Waals surface area contributed by atoms with Gasteiger partial charge < -0.3 is 9.40 Å². The Kier molecular flexibility index (Phi) is 3.54. The van der Waals surface area contributed by atoms with Crippen molar-refractivity contribution >= 4 is 10.9 Å². The minimum Gasteiger partial charge on any atom is -0.468 e. The molecule has 0 fully saturated rings. The van der Waals surface area contributed by atoms with Crippen molar-refractivity contribution in [2.45, 2.75) is 32.4 Å². The number of aromatic amines is 1. The lowest BCUT2D eigenvalue weighted by atomic mass is 10.0. The van der Waals surface area contributed by atoms with Crippen LogP contribution in [0.3, 0.4) is 0 Å². The second-order valence-electron chi connectivity index (χ2n) is 6.44. The highest BCUT2D eigenvalue weighted by atomic mass is 16.3. The number of hydrogen-bond donors (Lipinski definition) is 1.